The maximum atomic E-state index is 12.8. The fourth-order valence-corrected chi connectivity index (χ4v) is 4.21. The molecule has 0 radical (unpaired) electrons. The number of ether oxygens (including phenoxy) is 2. The van der Waals surface area contributed by atoms with Gasteiger partial charge in [0.1, 0.15) is 12.7 Å². The predicted molar refractivity (Wildman–Crippen MR) is 116 cm³/mol. The lowest BCUT2D eigenvalue weighted by Gasteiger charge is -2.26. The molecule has 2 heterocycles. The SMILES string of the molecule is CC(C)n1c(SCC(=O)NC[C@H]2COc3ccccc3O2)nc2ccccc2c1=O. The summed E-state index contributed by atoms with van der Waals surface area (Å²) in [6.07, 6.45) is -0.249. The van der Waals surface area contributed by atoms with Crippen LogP contribution in [0.1, 0.15) is 19.9 Å². The Bertz CT molecular complexity index is 1130. The second-order valence-electron chi connectivity index (χ2n) is 7.27. The first-order chi connectivity index (χ1) is 14.5. The van der Waals surface area contributed by atoms with Crippen molar-refractivity contribution in [2.75, 3.05) is 18.9 Å². The number of hydrogen-bond donors (Lipinski definition) is 1. The Labute approximate surface area is 178 Å². The maximum Gasteiger partial charge on any atom is 0.262 e. The van der Waals surface area contributed by atoms with Crippen LogP contribution < -0.4 is 20.3 Å². The zero-order valence-corrected chi connectivity index (χ0v) is 17.6. The fraction of sp³-hybridized carbons (Fsp3) is 0.318. The van der Waals surface area contributed by atoms with E-state index in [-0.39, 0.29) is 29.4 Å². The highest BCUT2D eigenvalue weighted by atomic mass is 32.2. The van der Waals surface area contributed by atoms with E-state index in [9.17, 15) is 9.59 Å². The Balaban J connectivity index is 1.39. The summed E-state index contributed by atoms with van der Waals surface area (Å²) in [5.74, 6) is 1.39. The van der Waals surface area contributed by atoms with Crippen molar-refractivity contribution in [1.29, 1.82) is 0 Å². The molecule has 4 rings (SSSR count). The van der Waals surface area contributed by atoms with Gasteiger partial charge in [-0.2, -0.15) is 0 Å². The molecule has 0 unspecified atom stereocenters. The number of amides is 1. The molecule has 1 N–H and O–H groups in total. The summed E-state index contributed by atoms with van der Waals surface area (Å²) >= 11 is 1.26. The number of nitrogens with zero attached hydrogens (tertiary/aromatic N) is 2. The number of hydrogen-bond acceptors (Lipinski definition) is 6. The van der Waals surface area contributed by atoms with Crippen LogP contribution in [0.2, 0.25) is 0 Å². The van der Waals surface area contributed by atoms with E-state index < -0.39 is 0 Å². The van der Waals surface area contributed by atoms with Crippen molar-refractivity contribution in [2.45, 2.75) is 31.1 Å². The van der Waals surface area contributed by atoms with Crippen molar-refractivity contribution in [3.8, 4) is 11.5 Å². The van der Waals surface area contributed by atoms with Crippen molar-refractivity contribution in [3.05, 3.63) is 58.9 Å². The highest BCUT2D eigenvalue weighted by Gasteiger charge is 2.21. The molecule has 3 aromatic rings. The van der Waals surface area contributed by atoms with Gasteiger partial charge in [0.25, 0.3) is 5.56 Å². The molecule has 1 amide bonds. The van der Waals surface area contributed by atoms with Gasteiger partial charge in [0.15, 0.2) is 16.7 Å². The van der Waals surface area contributed by atoms with Crippen molar-refractivity contribution >= 4 is 28.6 Å². The molecule has 0 spiro atoms. The molecular formula is C22H23N3O4S. The number of para-hydroxylation sites is 3. The molecule has 1 aliphatic rings. The summed E-state index contributed by atoms with van der Waals surface area (Å²) in [6.45, 7) is 4.58. The summed E-state index contributed by atoms with van der Waals surface area (Å²) in [6, 6.07) is 14.7. The van der Waals surface area contributed by atoms with Crippen molar-refractivity contribution < 1.29 is 14.3 Å². The van der Waals surface area contributed by atoms with Crippen LogP contribution >= 0.6 is 11.8 Å². The quantitative estimate of drug-likeness (QED) is 0.483. The number of thioether (sulfide) groups is 1. The molecule has 0 saturated carbocycles. The van der Waals surface area contributed by atoms with Crippen LogP contribution in [-0.2, 0) is 4.79 Å². The average Bonchev–Trinajstić information content (AvgIpc) is 2.76. The minimum atomic E-state index is -0.249. The van der Waals surface area contributed by atoms with Crippen molar-refractivity contribution in [3.63, 3.8) is 0 Å². The van der Waals surface area contributed by atoms with E-state index in [2.05, 4.69) is 10.3 Å². The van der Waals surface area contributed by atoms with Crippen LogP contribution in [0.3, 0.4) is 0 Å². The Morgan fingerprint density at radius 2 is 1.93 bits per heavy atom. The second-order valence-corrected chi connectivity index (χ2v) is 8.21. The van der Waals surface area contributed by atoms with E-state index >= 15 is 0 Å². The number of carbonyl (C=O) groups excluding carboxylic acids is 1. The van der Waals surface area contributed by atoms with Gasteiger partial charge in [0.05, 0.1) is 23.2 Å². The molecule has 7 nitrogen and oxygen atoms in total. The summed E-state index contributed by atoms with van der Waals surface area (Å²) in [7, 11) is 0. The van der Waals surface area contributed by atoms with Crippen LogP contribution in [-0.4, -0.2) is 40.5 Å². The third-order valence-electron chi connectivity index (χ3n) is 4.72. The van der Waals surface area contributed by atoms with Crippen LogP contribution in [0, 0.1) is 0 Å². The highest BCUT2D eigenvalue weighted by molar-refractivity contribution is 7.99. The first kappa shape index (κ1) is 20.3. The zero-order chi connectivity index (χ0) is 21.1. The van der Waals surface area contributed by atoms with Crippen LogP contribution in [0.25, 0.3) is 10.9 Å². The van der Waals surface area contributed by atoms with Gasteiger partial charge in [-0.15, -0.1) is 0 Å². The van der Waals surface area contributed by atoms with Crippen molar-refractivity contribution in [2.24, 2.45) is 0 Å². The van der Waals surface area contributed by atoms with Gasteiger partial charge in [-0.1, -0.05) is 36.0 Å². The minimum Gasteiger partial charge on any atom is -0.486 e. The predicted octanol–water partition coefficient (Wildman–Crippen LogP) is 3.03. The molecular weight excluding hydrogens is 402 g/mol. The molecule has 1 aromatic heterocycles. The molecule has 0 aliphatic carbocycles. The van der Waals surface area contributed by atoms with Crippen LogP contribution in [0.5, 0.6) is 11.5 Å². The van der Waals surface area contributed by atoms with E-state index in [4.69, 9.17) is 9.47 Å². The molecule has 1 aliphatic heterocycles. The van der Waals surface area contributed by atoms with Gasteiger partial charge < -0.3 is 14.8 Å². The molecule has 1 atom stereocenters. The second kappa shape index (κ2) is 8.79. The average molecular weight is 426 g/mol. The van der Waals surface area contributed by atoms with Crippen LogP contribution in [0.15, 0.2) is 58.5 Å². The Morgan fingerprint density at radius 3 is 2.73 bits per heavy atom. The van der Waals surface area contributed by atoms with Crippen molar-refractivity contribution in [1.82, 2.24) is 14.9 Å². The number of rotatable bonds is 6. The monoisotopic (exact) mass is 425 g/mol. The number of carbonyl (C=O) groups is 1. The zero-order valence-electron chi connectivity index (χ0n) is 16.8. The lowest BCUT2D eigenvalue weighted by molar-refractivity contribution is -0.119. The fourth-order valence-electron chi connectivity index (χ4n) is 3.26. The number of benzene rings is 2. The van der Waals surface area contributed by atoms with Gasteiger partial charge >= 0.3 is 0 Å². The Kier molecular flexibility index (Phi) is 5.94. The smallest absolute Gasteiger partial charge is 0.262 e. The van der Waals surface area contributed by atoms with Crippen LogP contribution in [0.4, 0.5) is 0 Å². The number of nitrogens with one attached hydrogen (secondary N) is 1. The van der Waals surface area contributed by atoms with E-state index in [0.29, 0.717) is 40.7 Å². The molecule has 8 heteroatoms. The summed E-state index contributed by atoms with van der Waals surface area (Å²) in [5, 5.41) is 3.99. The number of aromatic nitrogens is 2. The van der Waals surface area contributed by atoms with Gasteiger partial charge in [-0.3, -0.25) is 14.2 Å². The summed E-state index contributed by atoms with van der Waals surface area (Å²) in [4.78, 5) is 29.8. The van der Waals surface area contributed by atoms with E-state index in [1.807, 2.05) is 56.3 Å². The first-order valence-corrected chi connectivity index (χ1v) is 10.8. The maximum absolute atomic E-state index is 12.8. The molecule has 0 fully saturated rings. The third kappa shape index (κ3) is 4.28. The third-order valence-corrected chi connectivity index (χ3v) is 5.67. The molecule has 156 valence electrons. The summed E-state index contributed by atoms with van der Waals surface area (Å²) in [5.41, 5.74) is 0.540. The highest BCUT2D eigenvalue weighted by Crippen LogP contribution is 2.30. The molecule has 30 heavy (non-hydrogen) atoms. The number of fused-ring (bicyclic) bond motifs is 2. The van der Waals surface area contributed by atoms with Gasteiger partial charge in [0, 0.05) is 6.04 Å². The molecule has 2 aromatic carbocycles. The standard InChI is InChI=1S/C22H23N3O4S/c1-14(2)25-21(27)16-7-3-4-8-17(16)24-22(25)30-13-20(26)23-11-15-12-28-18-9-5-6-10-19(18)29-15/h3-10,14-15H,11-13H2,1-2H3,(H,23,26)/t15-/m0/s1. The minimum absolute atomic E-state index is 0.0620. The molecule has 0 bridgehead atoms. The van der Waals surface area contributed by atoms with E-state index in [0.717, 1.165) is 0 Å². The normalized spacial score (nSPS) is 15.4. The van der Waals surface area contributed by atoms with E-state index in [1.54, 1.807) is 10.6 Å². The Morgan fingerprint density at radius 1 is 1.20 bits per heavy atom. The topological polar surface area (TPSA) is 82.5 Å². The lowest BCUT2D eigenvalue weighted by Crippen LogP contribution is -2.41. The van der Waals surface area contributed by atoms with E-state index in [1.165, 1.54) is 11.8 Å². The van der Waals surface area contributed by atoms with Gasteiger partial charge in [-0.05, 0) is 38.1 Å². The van der Waals surface area contributed by atoms with Gasteiger partial charge in [-0.25, -0.2) is 4.98 Å². The summed E-state index contributed by atoms with van der Waals surface area (Å²) < 4.78 is 13.2. The first-order valence-electron chi connectivity index (χ1n) is 9.82. The Hall–Kier alpha value is -3.00. The van der Waals surface area contributed by atoms with Gasteiger partial charge in [0.2, 0.25) is 5.91 Å². The lowest BCUT2D eigenvalue weighted by atomic mass is 10.2. The molecule has 0 saturated heterocycles. The largest absolute Gasteiger partial charge is 0.486 e.